The highest BCUT2D eigenvalue weighted by Gasteiger charge is 2.19. The molecule has 1 atom stereocenters. The van der Waals surface area contributed by atoms with Crippen LogP contribution in [0.2, 0.25) is 0 Å². The number of carbonyl (C=O) groups is 1. The molecule has 0 spiro atoms. The zero-order chi connectivity index (χ0) is 14.5. The predicted octanol–water partition coefficient (Wildman–Crippen LogP) is 6.45. The summed E-state index contributed by atoms with van der Waals surface area (Å²) in [6.45, 7) is 2.28. The normalized spacial score (nSPS) is 20.1. The van der Waals surface area contributed by atoms with Gasteiger partial charge in [-0.2, -0.15) is 0 Å². The van der Waals surface area contributed by atoms with E-state index in [0.717, 1.165) is 12.8 Å². The second kappa shape index (κ2) is 12.4. The molecule has 0 aromatic heterocycles. The van der Waals surface area contributed by atoms with Gasteiger partial charge in [0.1, 0.15) is 5.78 Å². The van der Waals surface area contributed by atoms with Crippen molar-refractivity contribution in [2.24, 2.45) is 5.92 Å². The second-order valence-electron chi connectivity index (χ2n) is 6.73. The van der Waals surface area contributed by atoms with E-state index >= 15 is 0 Å². The quantitative estimate of drug-likeness (QED) is 0.314. The molecule has 0 aliphatic heterocycles. The Hall–Kier alpha value is -0.330. The fraction of sp³-hybridized carbons (Fsp3) is 0.947. The van der Waals surface area contributed by atoms with Gasteiger partial charge in [0.15, 0.2) is 0 Å². The van der Waals surface area contributed by atoms with Crippen LogP contribution >= 0.6 is 0 Å². The van der Waals surface area contributed by atoms with Crippen molar-refractivity contribution >= 4 is 5.78 Å². The predicted molar refractivity (Wildman–Crippen MR) is 88.0 cm³/mol. The molecule has 20 heavy (non-hydrogen) atoms. The van der Waals surface area contributed by atoms with Gasteiger partial charge in [-0.3, -0.25) is 4.79 Å². The maximum atomic E-state index is 11.9. The molecule has 0 heterocycles. The van der Waals surface area contributed by atoms with Gasteiger partial charge >= 0.3 is 0 Å². The third-order valence-electron chi connectivity index (χ3n) is 4.84. The van der Waals surface area contributed by atoms with Crippen LogP contribution in [0.25, 0.3) is 0 Å². The zero-order valence-corrected chi connectivity index (χ0v) is 13.8. The largest absolute Gasteiger partial charge is 0.299 e. The molecule has 1 aliphatic carbocycles. The van der Waals surface area contributed by atoms with Gasteiger partial charge in [-0.15, -0.1) is 0 Å². The van der Waals surface area contributed by atoms with Crippen molar-refractivity contribution < 1.29 is 4.79 Å². The van der Waals surface area contributed by atoms with Gasteiger partial charge < -0.3 is 0 Å². The van der Waals surface area contributed by atoms with Crippen LogP contribution in [0.1, 0.15) is 110 Å². The molecule has 0 aromatic carbocycles. The summed E-state index contributed by atoms with van der Waals surface area (Å²) >= 11 is 0. The van der Waals surface area contributed by atoms with Crippen LogP contribution < -0.4 is 0 Å². The Morgan fingerprint density at radius 3 is 2.05 bits per heavy atom. The van der Waals surface area contributed by atoms with Gasteiger partial charge in [0.25, 0.3) is 0 Å². The molecular weight excluding hydrogens is 244 g/mol. The number of unbranched alkanes of at least 4 members (excludes halogenated alkanes) is 9. The van der Waals surface area contributed by atoms with Gasteiger partial charge in [-0.25, -0.2) is 0 Å². The Balaban J connectivity index is 1.87. The molecule has 1 saturated carbocycles. The lowest BCUT2D eigenvalue weighted by atomic mass is 9.92. The van der Waals surface area contributed by atoms with Gasteiger partial charge in [0, 0.05) is 12.3 Å². The fourth-order valence-corrected chi connectivity index (χ4v) is 3.42. The molecule has 0 N–H and O–H groups in total. The monoisotopic (exact) mass is 280 g/mol. The lowest BCUT2D eigenvalue weighted by molar-refractivity contribution is -0.122. The molecule has 0 bridgehead atoms. The van der Waals surface area contributed by atoms with Crippen molar-refractivity contribution in [3.63, 3.8) is 0 Å². The van der Waals surface area contributed by atoms with Crippen molar-refractivity contribution in [3.8, 4) is 0 Å². The highest BCUT2D eigenvalue weighted by atomic mass is 16.1. The van der Waals surface area contributed by atoms with Crippen LogP contribution in [0, 0.1) is 5.92 Å². The number of ketones is 1. The smallest absolute Gasteiger partial charge is 0.135 e. The lowest BCUT2D eigenvalue weighted by Gasteiger charge is -2.12. The summed E-state index contributed by atoms with van der Waals surface area (Å²) in [5, 5.41) is 0. The van der Waals surface area contributed by atoms with Gasteiger partial charge in [0.05, 0.1) is 0 Å². The maximum Gasteiger partial charge on any atom is 0.135 e. The summed E-state index contributed by atoms with van der Waals surface area (Å²) in [5.41, 5.74) is 0. The van der Waals surface area contributed by atoms with Crippen LogP contribution in [0.3, 0.4) is 0 Å². The molecule has 118 valence electrons. The van der Waals surface area contributed by atoms with E-state index in [0.29, 0.717) is 11.7 Å². The van der Waals surface area contributed by atoms with E-state index in [1.54, 1.807) is 0 Å². The maximum absolute atomic E-state index is 11.9. The lowest BCUT2D eigenvalue weighted by Crippen LogP contribution is -2.12. The second-order valence-corrected chi connectivity index (χ2v) is 6.73. The van der Waals surface area contributed by atoms with Crippen molar-refractivity contribution in [3.05, 3.63) is 0 Å². The van der Waals surface area contributed by atoms with E-state index in [2.05, 4.69) is 6.92 Å². The van der Waals surface area contributed by atoms with E-state index < -0.39 is 0 Å². The Morgan fingerprint density at radius 1 is 0.800 bits per heavy atom. The summed E-state index contributed by atoms with van der Waals surface area (Å²) in [6, 6.07) is 0. The first kappa shape index (κ1) is 17.7. The molecule has 1 aliphatic rings. The Labute approximate surface area is 126 Å². The summed E-state index contributed by atoms with van der Waals surface area (Å²) in [4.78, 5) is 11.9. The van der Waals surface area contributed by atoms with Crippen LogP contribution in [-0.2, 0) is 4.79 Å². The standard InChI is InChI=1S/C19H36O/c1-2-3-4-5-6-7-8-9-10-12-15-18-16-13-11-14-17-19(18)20/h18H,2-17H2,1H3. The topological polar surface area (TPSA) is 17.1 Å². The Bertz CT molecular complexity index is 234. The van der Waals surface area contributed by atoms with Gasteiger partial charge in [-0.05, 0) is 19.3 Å². The molecule has 0 radical (unpaired) electrons. The first-order valence-corrected chi connectivity index (χ1v) is 9.37. The highest BCUT2D eigenvalue weighted by Crippen LogP contribution is 2.24. The molecule has 0 amide bonds. The molecule has 1 unspecified atom stereocenters. The van der Waals surface area contributed by atoms with Crippen molar-refractivity contribution in [2.75, 3.05) is 0 Å². The summed E-state index contributed by atoms with van der Waals surface area (Å²) in [7, 11) is 0. The average Bonchev–Trinajstić information content (AvgIpc) is 2.66. The van der Waals surface area contributed by atoms with Crippen LogP contribution in [0.5, 0.6) is 0 Å². The first-order chi connectivity index (χ1) is 9.84. The zero-order valence-electron chi connectivity index (χ0n) is 13.8. The Morgan fingerprint density at radius 2 is 1.40 bits per heavy atom. The third-order valence-corrected chi connectivity index (χ3v) is 4.84. The van der Waals surface area contributed by atoms with Crippen molar-refractivity contribution in [2.45, 2.75) is 110 Å². The summed E-state index contributed by atoms with van der Waals surface area (Å²) < 4.78 is 0. The molecule has 0 aromatic rings. The van der Waals surface area contributed by atoms with E-state index in [1.807, 2.05) is 0 Å². The number of hydrogen-bond donors (Lipinski definition) is 0. The first-order valence-electron chi connectivity index (χ1n) is 9.37. The van der Waals surface area contributed by atoms with E-state index in [4.69, 9.17) is 0 Å². The summed E-state index contributed by atoms with van der Waals surface area (Å²) in [5.74, 6) is 0.991. The molecule has 1 fully saturated rings. The third kappa shape index (κ3) is 8.76. The van der Waals surface area contributed by atoms with Crippen molar-refractivity contribution in [1.29, 1.82) is 0 Å². The molecular formula is C19H36O. The van der Waals surface area contributed by atoms with E-state index in [1.165, 1.54) is 89.9 Å². The number of carbonyl (C=O) groups excluding carboxylic acids is 1. The molecule has 0 saturated heterocycles. The Kier molecular flexibility index (Phi) is 11.0. The van der Waals surface area contributed by atoms with Gasteiger partial charge in [-0.1, -0.05) is 84.0 Å². The molecule has 1 rings (SSSR count). The van der Waals surface area contributed by atoms with Gasteiger partial charge in [0.2, 0.25) is 0 Å². The van der Waals surface area contributed by atoms with Crippen molar-refractivity contribution in [1.82, 2.24) is 0 Å². The fourth-order valence-electron chi connectivity index (χ4n) is 3.42. The number of hydrogen-bond acceptors (Lipinski definition) is 1. The highest BCUT2D eigenvalue weighted by molar-refractivity contribution is 5.81. The SMILES string of the molecule is CCCCCCCCCCCCC1CCCCCC1=O. The minimum absolute atomic E-state index is 0.423. The van der Waals surface area contributed by atoms with Crippen LogP contribution in [-0.4, -0.2) is 5.78 Å². The minimum atomic E-state index is 0.423. The summed E-state index contributed by atoms with van der Waals surface area (Å²) in [6.07, 6.45) is 20.8. The van der Waals surface area contributed by atoms with E-state index in [9.17, 15) is 4.79 Å². The molecule has 1 heteroatoms. The average molecular weight is 280 g/mol. The number of rotatable bonds is 11. The van der Waals surface area contributed by atoms with Crippen LogP contribution in [0.15, 0.2) is 0 Å². The van der Waals surface area contributed by atoms with E-state index in [-0.39, 0.29) is 0 Å². The minimum Gasteiger partial charge on any atom is -0.299 e. The molecule has 1 nitrogen and oxygen atoms in total. The number of Topliss-reactive ketones (excluding diaryl/α,β-unsaturated/α-hetero) is 1. The van der Waals surface area contributed by atoms with Crippen LogP contribution in [0.4, 0.5) is 0 Å².